The van der Waals surface area contributed by atoms with Gasteiger partial charge in [0, 0.05) is 23.7 Å². The molecule has 0 aliphatic rings. The summed E-state index contributed by atoms with van der Waals surface area (Å²) in [6.45, 7) is 4.64. The zero-order valence-electron chi connectivity index (χ0n) is 21.7. The van der Waals surface area contributed by atoms with Crippen molar-refractivity contribution < 1.29 is 23.4 Å². The smallest absolute Gasteiger partial charge is 0.229 e. The maximum Gasteiger partial charge on any atom is 0.229 e. The maximum absolute atomic E-state index is 12.5. The summed E-state index contributed by atoms with van der Waals surface area (Å²) in [4.78, 5) is 12.5. The average Bonchev–Trinajstić information content (AvgIpc) is 2.82. The van der Waals surface area contributed by atoms with Gasteiger partial charge in [-0.3, -0.25) is 9.52 Å². The molecule has 0 aliphatic carbocycles. The Hall–Kier alpha value is -3.11. The molecule has 1 amide bonds. The molecule has 0 aliphatic heterocycles. The number of benzene rings is 3. The van der Waals surface area contributed by atoms with Gasteiger partial charge >= 0.3 is 0 Å². The highest BCUT2D eigenvalue weighted by atomic mass is 35.5. The summed E-state index contributed by atoms with van der Waals surface area (Å²) in [6.07, 6.45) is 0.964. The van der Waals surface area contributed by atoms with E-state index in [0.717, 1.165) is 22.9 Å². The summed E-state index contributed by atoms with van der Waals surface area (Å²) in [5.41, 5.74) is 2.96. The summed E-state index contributed by atoms with van der Waals surface area (Å²) in [5, 5.41) is 27.5. The van der Waals surface area contributed by atoms with Crippen molar-refractivity contribution >= 4 is 33.2 Å². The number of carbonyl (C=O) groups is 1. The van der Waals surface area contributed by atoms with Gasteiger partial charge in [0.15, 0.2) is 0 Å². The van der Waals surface area contributed by atoms with Gasteiger partial charge in [0.05, 0.1) is 24.5 Å². The number of amides is 1. The van der Waals surface area contributed by atoms with Crippen LogP contribution >= 0.6 is 11.6 Å². The number of phenols is 1. The number of aliphatic hydroxyl groups excluding tert-OH is 1. The van der Waals surface area contributed by atoms with Crippen LogP contribution in [-0.4, -0.2) is 42.9 Å². The molecule has 10 heteroatoms. The van der Waals surface area contributed by atoms with Crippen LogP contribution in [-0.2, 0) is 34.2 Å². The number of nitrogens with one attached hydrogen (secondary N) is 3. The Balaban J connectivity index is 1.55. The van der Waals surface area contributed by atoms with Crippen LogP contribution in [0.3, 0.4) is 0 Å². The average molecular weight is 560 g/mol. The van der Waals surface area contributed by atoms with E-state index >= 15 is 0 Å². The normalized spacial score (nSPS) is 12.7. The Morgan fingerprint density at radius 2 is 1.68 bits per heavy atom. The Kier molecular flexibility index (Phi) is 9.78. The molecule has 204 valence electrons. The standard InChI is InChI=1S/C28H34ClN3O5S/c1-28(2,31-18-26(34)22-10-11-25(33)24(15-22)32-38(3,36)37)16-20-7-4-6-19(12-20)14-27(35)30-17-21-8-5-9-23(29)13-21/h4-13,15,26,31-34H,14,16-18H2,1-3H3,(H,30,35)/t26-/m0/s1. The fourth-order valence-electron chi connectivity index (χ4n) is 4.05. The number of halogens is 1. The molecule has 3 aromatic carbocycles. The quantitative estimate of drug-likeness (QED) is 0.214. The zero-order valence-corrected chi connectivity index (χ0v) is 23.2. The van der Waals surface area contributed by atoms with Crippen LogP contribution in [0.15, 0.2) is 66.7 Å². The number of anilines is 1. The molecular formula is C28H34ClN3O5S. The molecule has 0 radical (unpaired) electrons. The molecule has 3 aromatic rings. The highest BCUT2D eigenvalue weighted by Crippen LogP contribution is 2.28. The summed E-state index contributed by atoms with van der Waals surface area (Å²) >= 11 is 6.00. The van der Waals surface area contributed by atoms with Crippen LogP contribution in [0, 0.1) is 0 Å². The second-order valence-electron chi connectivity index (χ2n) is 10.0. The van der Waals surface area contributed by atoms with Crippen LogP contribution < -0.4 is 15.4 Å². The molecular weight excluding hydrogens is 526 g/mol. The van der Waals surface area contributed by atoms with Gasteiger partial charge < -0.3 is 20.8 Å². The molecule has 1 atom stereocenters. The number of hydrogen-bond donors (Lipinski definition) is 5. The first-order valence-electron chi connectivity index (χ1n) is 12.1. The van der Waals surface area contributed by atoms with E-state index in [4.69, 9.17) is 11.6 Å². The van der Waals surface area contributed by atoms with Gasteiger partial charge in [0.2, 0.25) is 15.9 Å². The molecule has 0 spiro atoms. The largest absolute Gasteiger partial charge is 0.506 e. The van der Waals surface area contributed by atoms with Crippen molar-refractivity contribution in [3.05, 3.63) is 94.0 Å². The molecule has 3 rings (SSSR count). The highest BCUT2D eigenvalue weighted by molar-refractivity contribution is 7.92. The third-order valence-corrected chi connectivity index (χ3v) is 6.68. The fourth-order valence-corrected chi connectivity index (χ4v) is 4.83. The van der Waals surface area contributed by atoms with E-state index in [1.807, 2.05) is 56.3 Å². The minimum atomic E-state index is -3.58. The molecule has 0 saturated carbocycles. The molecule has 5 N–H and O–H groups in total. The number of aliphatic hydroxyl groups is 1. The van der Waals surface area contributed by atoms with Crippen LogP contribution in [0.25, 0.3) is 0 Å². The van der Waals surface area contributed by atoms with E-state index in [9.17, 15) is 23.4 Å². The minimum Gasteiger partial charge on any atom is -0.506 e. The molecule has 0 aromatic heterocycles. The van der Waals surface area contributed by atoms with Crippen LogP contribution in [0.5, 0.6) is 5.75 Å². The lowest BCUT2D eigenvalue weighted by Gasteiger charge is -2.28. The Bertz CT molecular complexity index is 1380. The van der Waals surface area contributed by atoms with Gasteiger partial charge in [-0.2, -0.15) is 0 Å². The van der Waals surface area contributed by atoms with Gasteiger partial charge in [0.1, 0.15) is 5.75 Å². The first-order valence-corrected chi connectivity index (χ1v) is 14.4. The van der Waals surface area contributed by atoms with E-state index in [1.54, 1.807) is 12.1 Å². The van der Waals surface area contributed by atoms with E-state index < -0.39 is 16.1 Å². The van der Waals surface area contributed by atoms with Gasteiger partial charge in [-0.05, 0) is 66.8 Å². The molecule has 8 nitrogen and oxygen atoms in total. The Morgan fingerprint density at radius 3 is 2.39 bits per heavy atom. The number of hydrogen-bond acceptors (Lipinski definition) is 6. The summed E-state index contributed by atoms with van der Waals surface area (Å²) in [5.74, 6) is -0.307. The maximum atomic E-state index is 12.5. The fraction of sp³-hybridized carbons (Fsp3) is 0.321. The first kappa shape index (κ1) is 29.4. The Labute approximate surface area is 229 Å². The van der Waals surface area contributed by atoms with E-state index in [2.05, 4.69) is 15.4 Å². The van der Waals surface area contributed by atoms with Crippen LogP contribution in [0.1, 0.15) is 42.2 Å². The van der Waals surface area contributed by atoms with Crippen LogP contribution in [0.2, 0.25) is 5.02 Å². The van der Waals surface area contributed by atoms with Crippen molar-refractivity contribution in [3.63, 3.8) is 0 Å². The number of aromatic hydroxyl groups is 1. The lowest BCUT2D eigenvalue weighted by atomic mass is 9.93. The number of sulfonamides is 1. The van der Waals surface area contributed by atoms with Crippen molar-refractivity contribution in [1.82, 2.24) is 10.6 Å². The predicted octanol–water partition coefficient (Wildman–Crippen LogP) is 3.92. The topological polar surface area (TPSA) is 128 Å². The zero-order chi connectivity index (χ0) is 27.9. The van der Waals surface area contributed by atoms with Crippen molar-refractivity contribution in [2.24, 2.45) is 0 Å². The summed E-state index contributed by atoms with van der Waals surface area (Å²) in [7, 11) is -3.58. The van der Waals surface area contributed by atoms with Gasteiger partial charge in [-0.1, -0.05) is 54.1 Å². The highest BCUT2D eigenvalue weighted by Gasteiger charge is 2.21. The second kappa shape index (κ2) is 12.6. The van der Waals surface area contributed by atoms with E-state index in [1.165, 1.54) is 12.1 Å². The van der Waals surface area contributed by atoms with Gasteiger partial charge in [-0.25, -0.2) is 8.42 Å². The molecule has 0 fully saturated rings. The minimum absolute atomic E-state index is 0.0109. The Morgan fingerprint density at radius 1 is 1.00 bits per heavy atom. The van der Waals surface area contributed by atoms with Crippen LogP contribution in [0.4, 0.5) is 5.69 Å². The van der Waals surface area contributed by atoms with E-state index in [-0.39, 0.29) is 35.8 Å². The predicted molar refractivity (Wildman–Crippen MR) is 151 cm³/mol. The lowest BCUT2D eigenvalue weighted by Crippen LogP contribution is -2.43. The number of phenolic OH excluding ortho intramolecular Hbond substituents is 1. The molecule has 0 unspecified atom stereocenters. The number of β-amino-alcohol motifs (C(OH)–C–C–N with tert-alkyl or cyclic N) is 1. The molecule has 0 heterocycles. The van der Waals surface area contributed by atoms with Gasteiger partial charge in [0.25, 0.3) is 0 Å². The van der Waals surface area contributed by atoms with Crippen molar-refractivity contribution in [2.75, 3.05) is 17.5 Å². The monoisotopic (exact) mass is 559 g/mol. The van der Waals surface area contributed by atoms with Crippen molar-refractivity contribution in [1.29, 1.82) is 0 Å². The summed E-state index contributed by atoms with van der Waals surface area (Å²) in [6, 6.07) is 19.5. The third-order valence-electron chi connectivity index (χ3n) is 5.86. The van der Waals surface area contributed by atoms with E-state index in [0.29, 0.717) is 23.6 Å². The second-order valence-corrected chi connectivity index (χ2v) is 12.2. The molecule has 0 saturated heterocycles. The third kappa shape index (κ3) is 9.64. The molecule has 38 heavy (non-hydrogen) atoms. The number of carbonyl (C=O) groups excluding carboxylic acids is 1. The van der Waals surface area contributed by atoms with Gasteiger partial charge in [-0.15, -0.1) is 0 Å². The summed E-state index contributed by atoms with van der Waals surface area (Å²) < 4.78 is 25.3. The SMILES string of the molecule is CC(C)(Cc1cccc(CC(=O)NCc2cccc(Cl)c2)c1)NC[C@H](O)c1ccc(O)c(NS(C)(=O)=O)c1. The van der Waals surface area contributed by atoms with Crippen molar-refractivity contribution in [3.8, 4) is 5.75 Å². The first-order chi connectivity index (χ1) is 17.8. The number of rotatable bonds is 12. The molecule has 0 bridgehead atoms. The van der Waals surface area contributed by atoms with Crippen molar-refractivity contribution in [2.45, 2.75) is 44.9 Å². The lowest BCUT2D eigenvalue weighted by molar-refractivity contribution is -0.120.